The Morgan fingerprint density at radius 3 is 2.61 bits per heavy atom. The maximum Gasteiger partial charge on any atom is 0.270 e. The molecule has 5 aromatic rings. The summed E-state index contributed by atoms with van der Waals surface area (Å²) in [5.41, 5.74) is 5.43. The molecule has 31 heavy (non-hydrogen) atoms. The lowest BCUT2D eigenvalue weighted by molar-refractivity contribution is 0.668. The van der Waals surface area contributed by atoms with E-state index < -0.39 is 5.56 Å². The maximum atomic E-state index is 12.3. The topological polar surface area (TPSA) is 107 Å². The molecule has 0 unspecified atom stereocenters. The fraction of sp³-hybridized carbons (Fsp3) is 0. The van der Waals surface area contributed by atoms with E-state index in [4.69, 9.17) is 4.42 Å². The highest BCUT2D eigenvalue weighted by molar-refractivity contribution is 6.10. The van der Waals surface area contributed by atoms with E-state index in [0.717, 1.165) is 27.5 Å². The third-order valence-corrected chi connectivity index (χ3v) is 4.89. The van der Waals surface area contributed by atoms with Crippen LogP contribution in [0, 0.1) is 11.3 Å². The second-order valence-corrected chi connectivity index (χ2v) is 6.81. The predicted octanol–water partition coefficient (Wildman–Crippen LogP) is 4.65. The van der Waals surface area contributed by atoms with E-state index in [9.17, 15) is 10.1 Å². The first-order valence-corrected chi connectivity index (χ1v) is 9.54. The molecule has 0 atom stereocenters. The summed E-state index contributed by atoms with van der Waals surface area (Å²) in [5.74, 6) is 0.135. The number of furan rings is 1. The summed E-state index contributed by atoms with van der Waals surface area (Å²) in [4.78, 5) is 19.3. The van der Waals surface area contributed by atoms with Gasteiger partial charge in [0.25, 0.3) is 5.56 Å². The first-order valence-electron chi connectivity index (χ1n) is 9.54. The van der Waals surface area contributed by atoms with Gasteiger partial charge in [-0.2, -0.15) is 10.4 Å². The Balaban J connectivity index is 1.50. The molecule has 2 heterocycles. The van der Waals surface area contributed by atoms with Crippen LogP contribution in [0.15, 0.2) is 87.1 Å². The van der Waals surface area contributed by atoms with Gasteiger partial charge in [-0.15, -0.1) is 0 Å². The molecule has 3 aromatic carbocycles. The molecule has 0 saturated heterocycles. The van der Waals surface area contributed by atoms with Crippen molar-refractivity contribution in [2.75, 3.05) is 5.43 Å². The van der Waals surface area contributed by atoms with Crippen LogP contribution in [0.1, 0.15) is 11.1 Å². The number of hydrogen-bond donors (Lipinski definition) is 2. The Morgan fingerprint density at radius 1 is 1.00 bits per heavy atom. The molecule has 0 aliphatic heterocycles. The van der Waals surface area contributed by atoms with Crippen LogP contribution < -0.4 is 11.0 Å². The van der Waals surface area contributed by atoms with Crippen LogP contribution in [0.2, 0.25) is 0 Å². The number of hydrogen-bond acceptors (Lipinski definition) is 6. The van der Waals surface area contributed by atoms with Crippen molar-refractivity contribution in [3.63, 3.8) is 0 Å². The highest BCUT2D eigenvalue weighted by atomic mass is 16.3. The van der Waals surface area contributed by atoms with Crippen molar-refractivity contribution in [1.82, 2.24) is 9.97 Å². The predicted molar refractivity (Wildman–Crippen MR) is 120 cm³/mol. The van der Waals surface area contributed by atoms with E-state index in [2.05, 4.69) is 20.5 Å². The zero-order chi connectivity index (χ0) is 21.2. The summed E-state index contributed by atoms with van der Waals surface area (Å²) >= 11 is 0. The van der Waals surface area contributed by atoms with Gasteiger partial charge in [-0.3, -0.25) is 9.78 Å². The quantitative estimate of drug-likeness (QED) is 0.334. The molecule has 2 aromatic heterocycles. The highest BCUT2D eigenvalue weighted by Crippen LogP contribution is 2.30. The largest absolute Gasteiger partial charge is 0.455 e. The first kappa shape index (κ1) is 18.3. The van der Waals surface area contributed by atoms with Gasteiger partial charge in [0.15, 0.2) is 0 Å². The normalized spacial score (nSPS) is 11.2. The van der Waals surface area contributed by atoms with E-state index >= 15 is 0 Å². The Hall–Kier alpha value is -4.70. The third kappa shape index (κ3) is 3.32. The molecule has 0 saturated carbocycles. The summed E-state index contributed by atoms with van der Waals surface area (Å²) in [7, 11) is 0. The van der Waals surface area contributed by atoms with Gasteiger partial charge in [0.1, 0.15) is 22.8 Å². The Kier molecular flexibility index (Phi) is 4.50. The lowest BCUT2D eigenvalue weighted by atomic mass is 10.1. The smallest absolute Gasteiger partial charge is 0.270 e. The van der Waals surface area contributed by atoms with Gasteiger partial charge in [0.2, 0.25) is 5.95 Å². The van der Waals surface area contributed by atoms with Crippen LogP contribution >= 0.6 is 0 Å². The minimum absolute atomic E-state index is 0.0484. The van der Waals surface area contributed by atoms with Crippen molar-refractivity contribution in [3.05, 3.63) is 94.3 Å². The molecule has 0 amide bonds. The first-order chi connectivity index (χ1) is 15.2. The van der Waals surface area contributed by atoms with Crippen molar-refractivity contribution in [3.8, 4) is 17.3 Å². The van der Waals surface area contributed by atoms with Crippen LogP contribution in [0.4, 0.5) is 5.95 Å². The Morgan fingerprint density at radius 2 is 1.77 bits per heavy atom. The van der Waals surface area contributed by atoms with Crippen molar-refractivity contribution in [2.24, 2.45) is 5.10 Å². The number of fused-ring (bicyclic) bond motifs is 3. The Labute approximate surface area is 176 Å². The molecule has 0 aliphatic rings. The number of aromatic amines is 1. The second kappa shape index (κ2) is 7.61. The number of benzene rings is 3. The average molecular weight is 405 g/mol. The van der Waals surface area contributed by atoms with Gasteiger partial charge in [-0.05, 0) is 12.1 Å². The fourth-order valence-electron chi connectivity index (χ4n) is 3.47. The van der Waals surface area contributed by atoms with Crippen molar-refractivity contribution >= 4 is 34.1 Å². The summed E-state index contributed by atoms with van der Waals surface area (Å²) in [6.45, 7) is 0. The van der Waals surface area contributed by atoms with E-state index in [1.807, 2.05) is 66.7 Å². The zero-order valence-electron chi connectivity index (χ0n) is 16.2. The van der Waals surface area contributed by atoms with Crippen LogP contribution in [0.5, 0.6) is 0 Å². The highest BCUT2D eigenvalue weighted by Gasteiger charge is 2.13. The minimum atomic E-state index is -0.534. The van der Waals surface area contributed by atoms with E-state index in [1.165, 1.54) is 0 Å². The van der Waals surface area contributed by atoms with Gasteiger partial charge in [0, 0.05) is 21.9 Å². The molecule has 0 aliphatic carbocycles. The average Bonchev–Trinajstić information content (AvgIpc) is 3.19. The SMILES string of the molecule is N#Cc1c(-c2ccccc2)nc(NN=Cc2cccc3c2oc2ccccc23)[nH]c1=O. The molecule has 5 rings (SSSR count). The van der Waals surface area contributed by atoms with Gasteiger partial charge in [-0.25, -0.2) is 10.4 Å². The standard InChI is InChI=1S/C24H15N5O2/c25-13-19-21(15-7-2-1-3-8-15)27-24(28-23(19)30)29-26-14-16-9-6-11-18-17-10-4-5-12-20(17)31-22(16)18/h1-12,14H,(H2,27,28,29,30). The molecule has 2 N–H and O–H groups in total. The fourth-order valence-corrected chi connectivity index (χ4v) is 3.47. The third-order valence-electron chi connectivity index (χ3n) is 4.89. The lowest BCUT2D eigenvalue weighted by Gasteiger charge is -2.06. The molecule has 0 bridgehead atoms. The number of nitrogens with zero attached hydrogens (tertiary/aromatic N) is 3. The Bertz CT molecular complexity index is 1540. The summed E-state index contributed by atoms with van der Waals surface area (Å²) in [5, 5.41) is 15.6. The molecule has 0 fully saturated rings. The van der Waals surface area contributed by atoms with Gasteiger partial charge >= 0.3 is 0 Å². The van der Waals surface area contributed by atoms with Crippen molar-refractivity contribution in [2.45, 2.75) is 0 Å². The minimum Gasteiger partial charge on any atom is -0.455 e. The molecule has 0 spiro atoms. The number of aromatic nitrogens is 2. The molecular weight excluding hydrogens is 390 g/mol. The molecule has 7 heteroatoms. The number of hydrazone groups is 1. The molecular formula is C24H15N5O2. The maximum absolute atomic E-state index is 12.3. The van der Waals surface area contributed by atoms with Crippen molar-refractivity contribution < 1.29 is 4.42 Å². The zero-order valence-corrected chi connectivity index (χ0v) is 16.2. The van der Waals surface area contributed by atoms with E-state index in [1.54, 1.807) is 18.3 Å². The lowest BCUT2D eigenvalue weighted by Crippen LogP contribution is -2.16. The van der Waals surface area contributed by atoms with Crippen LogP contribution in [-0.4, -0.2) is 16.2 Å². The number of anilines is 1. The van der Waals surface area contributed by atoms with Gasteiger partial charge < -0.3 is 4.42 Å². The number of para-hydroxylation sites is 2. The monoisotopic (exact) mass is 405 g/mol. The second-order valence-electron chi connectivity index (χ2n) is 6.81. The summed E-state index contributed by atoms with van der Waals surface area (Å²) < 4.78 is 5.98. The number of H-pyrrole nitrogens is 1. The van der Waals surface area contributed by atoms with Crippen molar-refractivity contribution in [1.29, 1.82) is 5.26 Å². The van der Waals surface area contributed by atoms with Crippen LogP contribution in [-0.2, 0) is 0 Å². The number of rotatable bonds is 4. The van der Waals surface area contributed by atoms with E-state index in [0.29, 0.717) is 11.3 Å². The van der Waals surface area contributed by atoms with Gasteiger partial charge in [-0.1, -0.05) is 60.7 Å². The van der Waals surface area contributed by atoms with Gasteiger partial charge in [0.05, 0.1) is 11.9 Å². The van der Waals surface area contributed by atoms with E-state index in [-0.39, 0.29) is 11.5 Å². The van der Waals surface area contributed by atoms with Crippen LogP contribution in [0.25, 0.3) is 33.2 Å². The summed E-state index contributed by atoms with van der Waals surface area (Å²) in [6, 6.07) is 24.6. The number of nitrogens with one attached hydrogen (secondary N) is 2. The summed E-state index contributed by atoms with van der Waals surface area (Å²) in [6.07, 6.45) is 1.60. The molecule has 148 valence electrons. The van der Waals surface area contributed by atoms with Crippen LogP contribution in [0.3, 0.4) is 0 Å². The molecule has 7 nitrogen and oxygen atoms in total. The molecule has 0 radical (unpaired) electrons. The number of nitriles is 1.